The number of aromatic nitrogens is 1. The van der Waals surface area contributed by atoms with Crippen molar-refractivity contribution in [1.29, 1.82) is 0 Å². The summed E-state index contributed by atoms with van der Waals surface area (Å²) in [6, 6.07) is 5.23. The minimum absolute atomic E-state index is 0.0207. The normalized spacial score (nSPS) is 12.1. The van der Waals surface area contributed by atoms with Gasteiger partial charge in [-0.25, -0.2) is 0 Å². The van der Waals surface area contributed by atoms with Crippen LogP contribution >= 0.6 is 0 Å². The summed E-state index contributed by atoms with van der Waals surface area (Å²) >= 11 is 0. The fraction of sp³-hybridized carbons (Fsp3) is 0.615. The van der Waals surface area contributed by atoms with Crippen LogP contribution in [-0.2, 0) is 6.54 Å². The second-order valence-corrected chi connectivity index (χ2v) is 4.83. The Morgan fingerprint density at radius 1 is 1.41 bits per heavy atom. The van der Waals surface area contributed by atoms with Gasteiger partial charge in [-0.15, -0.1) is 0 Å². The molecule has 0 unspecified atom stereocenters. The van der Waals surface area contributed by atoms with Gasteiger partial charge < -0.3 is 10.3 Å². The van der Waals surface area contributed by atoms with E-state index >= 15 is 0 Å². The number of hydrogen-bond donors (Lipinski definition) is 1. The molecule has 2 N–H and O–H groups in total. The third-order valence-corrected chi connectivity index (χ3v) is 3.25. The second-order valence-electron chi connectivity index (χ2n) is 4.83. The second kappa shape index (κ2) is 5.98. The Kier molecular flexibility index (Phi) is 4.90. The van der Waals surface area contributed by atoms with E-state index in [2.05, 4.69) is 25.7 Å². The highest BCUT2D eigenvalue weighted by Gasteiger charge is 2.23. The molecule has 4 heteroatoms. The van der Waals surface area contributed by atoms with Gasteiger partial charge in [0.25, 0.3) is 5.56 Å². The molecule has 0 aliphatic carbocycles. The zero-order valence-corrected chi connectivity index (χ0v) is 11.0. The fourth-order valence-electron chi connectivity index (χ4n) is 1.89. The van der Waals surface area contributed by atoms with E-state index in [-0.39, 0.29) is 11.1 Å². The van der Waals surface area contributed by atoms with E-state index in [0.29, 0.717) is 13.1 Å². The van der Waals surface area contributed by atoms with Crippen LogP contribution in [0, 0.1) is 0 Å². The lowest BCUT2D eigenvalue weighted by molar-refractivity contribution is 0.129. The van der Waals surface area contributed by atoms with Gasteiger partial charge in [-0.3, -0.25) is 9.69 Å². The Bertz CT molecular complexity index is 398. The van der Waals surface area contributed by atoms with Crippen molar-refractivity contribution in [3.8, 4) is 0 Å². The van der Waals surface area contributed by atoms with Gasteiger partial charge in [0.05, 0.1) is 0 Å². The van der Waals surface area contributed by atoms with E-state index in [0.717, 1.165) is 13.1 Å². The lowest BCUT2D eigenvalue weighted by atomic mass is 10.0. The van der Waals surface area contributed by atoms with E-state index < -0.39 is 0 Å². The predicted molar refractivity (Wildman–Crippen MR) is 71.1 cm³/mol. The smallest absolute Gasteiger partial charge is 0.250 e. The highest BCUT2D eigenvalue weighted by molar-refractivity contribution is 4.93. The topological polar surface area (TPSA) is 51.3 Å². The molecule has 1 rings (SSSR count). The van der Waals surface area contributed by atoms with Crippen LogP contribution in [0.15, 0.2) is 29.2 Å². The Morgan fingerprint density at radius 3 is 2.65 bits per heavy atom. The Hall–Kier alpha value is -1.13. The molecule has 0 spiro atoms. The monoisotopic (exact) mass is 237 g/mol. The van der Waals surface area contributed by atoms with Crippen molar-refractivity contribution in [3.05, 3.63) is 34.7 Å². The molecule has 0 saturated heterocycles. The standard InChI is InChI=1S/C13H23N3O/c1-4-16(13(2,3)11-14)10-9-15-8-6-5-7-12(15)17/h5-8H,4,9-11,14H2,1-3H3. The maximum Gasteiger partial charge on any atom is 0.250 e. The van der Waals surface area contributed by atoms with Crippen molar-refractivity contribution in [2.75, 3.05) is 19.6 Å². The molecule has 0 aromatic carbocycles. The summed E-state index contributed by atoms with van der Waals surface area (Å²) in [5.41, 5.74) is 5.80. The molecule has 1 aromatic rings. The maximum atomic E-state index is 11.6. The highest BCUT2D eigenvalue weighted by atomic mass is 16.1. The van der Waals surface area contributed by atoms with Gasteiger partial charge in [-0.2, -0.15) is 0 Å². The number of likely N-dealkylation sites (N-methyl/N-ethyl adjacent to an activating group) is 1. The average molecular weight is 237 g/mol. The molecule has 0 atom stereocenters. The lowest BCUT2D eigenvalue weighted by Crippen LogP contribution is -2.50. The van der Waals surface area contributed by atoms with Crippen molar-refractivity contribution in [1.82, 2.24) is 9.47 Å². The highest BCUT2D eigenvalue weighted by Crippen LogP contribution is 2.11. The summed E-state index contributed by atoms with van der Waals surface area (Å²) in [6.07, 6.45) is 1.83. The Balaban J connectivity index is 2.66. The number of rotatable bonds is 6. The predicted octanol–water partition coefficient (Wildman–Crippen LogP) is 0.907. The van der Waals surface area contributed by atoms with E-state index in [1.807, 2.05) is 12.3 Å². The first-order valence-electron chi connectivity index (χ1n) is 6.12. The van der Waals surface area contributed by atoms with E-state index in [9.17, 15) is 4.79 Å². The molecule has 0 aliphatic heterocycles. The summed E-state index contributed by atoms with van der Waals surface area (Å²) < 4.78 is 1.73. The summed E-state index contributed by atoms with van der Waals surface area (Å²) in [6.45, 7) is 9.47. The third-order valence-electron chi connectivity index (χ3n) is 3.25. The van der Waals surface area contributed by atoms with Crippen LogP contribution in [0.4, 0.5) is 0 Å². The molecule has 0 bridgehead atoms. The van der Waals surface area contributed by atoms with Crippen LogP contribution < -0.4 is 11.3 Å². The molecular formula is C13H23N3O. The van der Waals surface area contributed by atoms with E-state index in [4.69, 9.17) is 5.73 Å². The first-order valence-corrected chi connectivity index (χ1v) is 6.12. The maximum absolute atomic E-state index is 11.6. The molecule has 0 saturated carbocycles. The number of nitrogens with zero attached hydrogens (tertiary/aromatic N) is 2. The molecule has 0 amide bonds. The first-order chi connectivity index (χ1) is 8.01. The van der Waals surface area contributed by atoms with E-state index in [1.54, 1.807) is 16.7 Å². The van der Waals surface area contributed by atoms with Crippen LogP contribution in [0.25, 0.3) is 0 Å². The molecule has 17 heavy (non-hydrogen) atoms. The largest absolute Gasteiger partial charge is 0.329 e. The third kappa shape index (κ3) is 3.68. The van der Waals surface area contributed by atoms with Gasteiger partial charge in [0.1, 0.15) is 0 Å². The quantitative estimate of drug-likeness (QED) is 0.800. The minimum Gasteiger partial charge on any atom is -0.329 e. The minimum atomic E-state index is -0.0207. The van der Waals surface area contributed by atoms with Gasteiger partial charge in [0.2, 0.25) is 0 Å². The van der Waals surface area contributed by atoms with Crippen molar-refractivity contribution < 1.29 is 0 Å². The average Bonchev–Trinajstić information content (AvgIpc) is 2.32. The zero-order chi connectivity index (χ0) is 12.9. The van der Waals surface area contributed by atoms with Gasteiger partial charge in [-0.05, 0) is 26.5 Å². The first kappa shape index (κ1) is 13.9. The van der Waals surface area contributed by atoms with Crippen molar-refractivity contribution >= 4 is 0 Å². The Morgan fingerprint density at radius 2 is 2.12 bits per heavy atom. The van der Waals surface area contributed by atoms with Crippen LogP contribution in [0.1, 0.15) is 20.8 Å². The van der Waals surface area contributed by atoms with Gasteiger partial charge in [0, 0.05) is 37.4 Å². The molecular weight excluding hydrogens is 214 g/mol. The van der Waals surface area contributed by atoms with Crippen LogP contribution in [0.2, 0.25) is 0 Å². The molecule has 0 radical (unpaired) electrons. The van der Waals surface area contributed by atoms with Gasteiger partial charge in [0.15, 0.2) is 0 Å². The van der Waals surface area contributed by atoms with Crippen LogP contribution in [-0.4, -0.2) is 34.6 Å². The SMILES string of the molecule is CCN(CCn1ccccc1=O)C(C)(C)CN. The van der Waals surface area contributed by atoms with Gasteiger partial charge in [-0.1, -0.05) is 13.0 Å². The summed E-state index contributed by atoms with van der Waals surface area (Å²) in [4.78, 5) is 13.9. The number of hydrogen-bond acceptors (Lipinski definition) is 3. The zero-order valence-electron chi connectivity index (χ0n) is 11.0. The van der Waals surface area contributed by atoms with Crippen molar-refractivity contribution in [2.24, 2.45) is 5.73 Å². The molecule has 0 aliphatic rings. The summed E-state index contributed by atoms with van der Waals surface area (Å²) in [5, 5.41) is 0. The van der Waals surface area contributed by atoms with Gasteiger partial charge >= 0.3 is 0 Å². The lowest BCUT2D eigenvalue weighted by Gasteiger charge is -2.37. The summed E-state index contributed by atoms with van der Waals surface area (Å²) in [7, 11) is 0. The molecule has 4 nitrogen and oxygen atoms in total. The van der Waals surface area contributed by atoms with Crippen LogP contribution in [0.3, 0.4) is 0 Å². The molecule has 1 aromatic heterocycles. The molecule has 96 valence electrons. The molecule has 0 fully saturated rings. The Labute approximate surface area is 103 Å². The number of pyridine rings is 1. The van der Waals surface area contributed by atoms with Crippen LogP contribution in [0.5, 0.6) is 0 Å². The van der Waals surface area contributed by atoms with Crippen molar-refractivity contribution in [2.45, 2.75) is 32.9 Å². The summed E-state index contributed by atoms with van der Waals surface area (Å²) in [5.74, 6) is 0. The number of nitrogens with two attached hydrogens (primary N) is 1. The van der Waals surface area contributed by atoms with Crippen molar-refractivity contribution in [3.63, 3.8) is 0 Å². The molecule has 1 heterocycles. The fourth-order valence-corrected chi connectivity index (χ4v) is 1.89. The van der Waals surface area contributed by atoms with E-state index in [1.165, 1.54) is 0 Å².